The number of aryl methyl sites for hydroxylation is 2. The first kappa shape index (κ1) is 17.9. The third-order valence-electron chi connectivity index (χ3n) is 3.32. The molecule has 1 amide bonds. The minimum absolute atomic E-state index is 0.123. The first-order chi connectivity index (χ1) is 11.5. The maximum Gasteiger partial charge on any atom is 0.309 e. The third kappa shape index (κ3) is 5.34. The van der Waals surface area contributed by atoms with Gasteiger partial charge in [-0.3, -0.25) is 9.59 Å². The Morgan fingerprint density at radius 1 is 1.25 bits per heavy atom. The number of carbonyl (C=O) groups excluding carboxylic acids is 1. The number of carbonyl (C=O) groups is 2. The monoisotopic (exact) mass is 348 g/mol. The Kier molecular flexibility index (Phi) is 6.31. The SMILES string of the molecule is Cc1cccc(C)c1OCCNC(=O)Cc1nc(CC(=O)O)cs1. The summed E-state index contributed by atoms with van der Waals surface area (Å²) in [5, 5.41) is 13.8. The van der Waals surface area contributed by atoms with Crippen LogP contribution >= 0.6 is 11.3 Å². The van der Waals surface area contributed by atoms with Crippen LogP contribution in [0.3, 0.4) is 0 Å². The maximum absolute atomic E-state index is 11.9. The molecule has 0 unspecified atom stereocenters. The number of para-hydroxylation sites is 1. The molecule has 2 N–H and O–H groups in total. The van der Waals surface area contributed by atoms with Crippen molar-refractivity contribution in [2.24, 2.45) is 0 Å². The molecule has 0 fully saturated rings. The zero-order valence-corrected chi connectivity index (χ0v) is 14.5. The van der Waals surface area contributed by atoms with E-state index in [1.165, 1.54) is 11.3 Å². The van der Waals surface area contributed by atoms with Crippen LogP contribution in [0.5, 0.6) is 5.75 Å². The van der Waals surface area contributed by atoms with Crippen molar-refractivity contribution in [2.45, 2.75) is 26.7 Å². The molecule has 0 saturated carbocycles. The van der Waals surface area contributed by atoms with Gasteiger partial charge in [0.25, 0.3) is 0 Å². The van der Waals surface area contributed by atoms with E-state index in [1.54, 1.807) is 5.38 Å². The summed E-state index contributed by atoms with van der Waals surface area (Å²) < 4.78 is 5.72. The number of carboxylic acid groups (broad SMARTS) is 1. The number of amides is 1. The summed E-state index contributed by atoms with van der Waals surface area (Å²) in [6.07, 6.45) is 0.0232. The highest BCUT2D eigenvalue weighted by atomic mass is 32.1. The largest absolute Gasteiger partial charge is 0.491 e. The van der Waals surface area contributed by atoms with Crippen LogP contribution in [0.2, 0.25) is 0 Å². The molecule has 0 bridgehead atoms. The Balaban J connectivity index is 1.73. The van der Waals surface area contributed by atoms with Crippen LogP contribution in [-0.4, -0.2) is 35.1 Å². The molecule has 1 heterocycles. The molecule has 0 radical (unpaired) electrons. The van der Waals surface area contributed by atoms with Crippen LogP contribution in [0.25, 0.3) is 0 Å². The molecule has 0 spiro atoms. The second-order valence-corrected chi connectivity index (χ2v) is 6.34. The standard InChI is InChI=1S/C17H20N2O4S/c1-11-4-3-5-12(2)17(11)23-7-6-18-14(20)9-15-19-13(10-24-15)8-16(21)22/h3-5,10H,6-9H2,1-2H3,(H,18,20)(H,21,22). The second kappa shape index (κ2) is 8.44. The van der Waals surface area contributed by atoms with Crippen LogP contribution in [0.1, 0.15) is 21.8 Å². The van der Waals surface area contributed by atoms with E-state index in [-0.39, 0.29) is 18.7 Å². The minimum atomic E-state index is -0.931. The molecule has 0 saturated heterocycles. The Bertz CT molecular complexity index is 707. The summed E-state index contributed by atoms with van der Waals surface area (Å²) >= 11 is 1.29. The van der Waals surface area contributed by atoms with E-state index >= 15 is 0 Å². The zero-order valence-electron chi connectivity index (χ0n) is 13.7. The Morgan fingerprint density at radius 2 is 1.96 bits per heavy atom. The average Bonchev–Trinajstić information content (AvgIpc) is 2.92. The lowest BCUT2D eigenvalue weighted by Gasteiger charge is -2.12. The number of aromatic nitrogens is 1. The number of nitrogens with zero attached hydrogens (tertiary/aromatic N) is 1. The van der Waals surface area contributed by atoms with Crippen LogP contribution < -0.4 is 10.1 Å². The summed E-state index contributed by atoms with van der Waals surface area (Å²) in [6, 6.07) is 5.95. The Morgan fingerprint density at radius 3 is 2.62 bits per heavy atom. The highest BCUT2D eigenvalue weighted by molar-refractivity contribution is 7.09. The van der Waals surface area contributed by atoms with Gasteiger partial charge in [0, 0.05) is 5.38 Å². The zero-order chi connectivity index (χ0) is 17.5. The fourth-order valence-corrected chi connectivity index (χ4v) is 3.03. The number of nitrogens with one attached hydrogen (secondary N) is 1. The van der Waals surface area contributed by atoms with E-state index in [1.807, 2.05) is 32.0 Å². The number of aliphatic carboxylic acids is 1. The van der Waals surface area contributed by atoms with E-state index in [9.17, 15) is 9.59 Å². The summed E-state index contributed by atoms with van der Waals surface area (Å²) in [4.78, 5) is 26.6. The van der Waals surface area contributed by atoms with Crippen molar-refractivity contribution in [1.29, 1.82) is 0 Å². The lowest BCUT2D eigenvalue weighted by molar-refractivity contribution is -0.136. The molecule has 0 atom stereocenters. The van der Waals surface area contributed by atoms with Gasteiger partial charge in [-0.15, -0.1) is 11.3 Å². The van der Waals surface area contributed by atoms with Crippen molar-refractivity contribution in [3.8, 4) is 5.75 Å². The Hall–Kier alpha value is -2.41. The average molecular weight is 348 g/mol. The second-order valence-electron chi connectivity index (χ2n) is 5.40. The number of carboxylic acids is 1. The van der Waals surface area contributed by atoms with E-state index < -0.39 is 5.97 Å². The van der Waals surface area contributed by atoms with Crippen LogP contribution in [0.4, 0.5) is 0 Å². The van der Waals surface area contributed by atoms with Gasteiger partial charge in [0.15, 0.2) is 0 Å². The molecule has 2 rings (SSSR count). The molecule has 1 aromatic heterocycles. The predicted molar refractivity (Wildman–Crippen MR) is 91.6 cm³/mol. The van der Waals surface area contributed by atoms with Gasteiger partial charge >= 0.3 is 5.97 Å². The van der Waals surface area contributed by atoms with Crippen molar-refractivity contribution >= 4 is 23.2 Å². The molecule has 6 nitrogen and oxygen atoms in total. The lowest BCUT2D eigenvalue weighted by atomic mass is 10.1. The summed E-state index contributed by atoms with van der Waals surface area (Å²) in [5.74, 6) is -0.235. The van der Waals surface area contributed by atoms with Crippen molar-refractivity contribution in [2.75, 3.05) is 13.2 Å². The number of benzene rings is 1. The predicted octanol–water partition coefficient (Wildman–Crippen LogP) is 2.12. The molecule has 0 aliphatic carbocycles. The normalized spacial score (nSPS) is 10.4. The lowest BCUT2D eigenvalue weighted by Crippen LogP contribution is -2.29. The molecule has 24 heavy (non-hydrogen) atoms. The topological polar surface area (TPSA) is 88.5 Å². The van der Waals surface area contributed by atoms with Crippen molar-refractivity contribution in [3.05, 3.63) is 45.4 Å². The molecular weight excluding hydrogens is 328 g/mol. The molecule has 0 aliphatic heterocycles. The Labute approximate surface area is 144 Å². The van der Waals surface area contributed by atoms with Gasteiger partial charge in [-0.1, -0.05) is 18.2 Å². The first-order valence-electron chi connectivity index (χ1n) is 7.56. The molecule has 2 aromatic rings. The van der Waals surface area contributed by atoms with E-state index in [2.05, 4.69) is 10.3 Å². The van der Waals surface area contributed by atoms with E-state index in [0.29, 0.717) is 23.9 Å². The molecule has 0 aliphatic rings. The van der Waals surface area contributed by atoms with Gasteiger partial charge in [0.05, 0.1) is 25.1 Å². The summed E-state index contributed by atoms with van der Waals surface area (Å²) in [6.45, 7) is 4.76. The highest BCUT2D eigenvalue weighted by Gasteiger charge is 2.10. The third-order valence-corrected chi connectivity index (χ3v) is 4.22. The first-order valence-corrected chi connectivity index (χ1v) is 8.44. The molecule has 1 aromatic carbocycles. The van der Waals surface area contributed by atoms with E-state index in [0.717, 1.165) is 16.9 Å². The van der Waals surface area contributed by atoms with Crippen LogP contribution in [-0.2, 0) is 22.4 Å². The number of hydrogen-bond donors (Lipinski definition) is 2. The van der Waals surface area contributed by atoms with Crippen LogP contribution in [0, 0.1) is 13.8 Å². The molecular formula is C17H20N2O4S. The number of ether oxygens (including phenoxy) is 1. The molecule has 7 heteroatoms. The van der Waals surface area contributed by atoms with Gasteiger partial charge in [0.1, 0.15) is 17.4 Å². The van der Waals surface area contributed by atoms with Gasteiger partial charge in [-0.2, -0.15) is 0 Å². The van der Waals surface area contributed by atoms with Gasteiger partial charge in [-0.05, 0) is 25.0 Å². The van der Waals surface area contributed by atoms with Crippen molar-refractivity contribution < 1.29 is 19.4 Å². The van der Waals surface area contributed by atoms with Gasteiger partial charge < -0.3 is 15.2 Å². The van der Waals surface area contributed by atoms with E-state index in [4.69, 9.17) is 9.84 Å². The highest BCUT2D eigenvalue weighted by Crippen LogP contribution is 2.21. The van der Waals surface area contributed by atoms with Crippen molar-refractivity contribution in [3.63, 3.8) is 0 Å². The van der Waals surface area contributed by atoms with Gasteiger partial charge in [0.2, 0.25) is 5.91 Å². The van der Waals surface area contributed by atoms with Crippen LogP contribution in [0.15, 0.2) is 23.6 Å². The summed E-state index contributed by atoms with van der Waals surface area (Å²) in [7, 11) is 0. The molecule has 128 valence electrons. The smallest absolute Gasteiger partial charge is 0.309 e. The summed E-state index contributed by atoms with van der Waals surface area (Å²) in [5.41, 5.74) is 2.61. The number of thiazole rings is 1. The quantitative estimate of drug-likeness (QED) is 0.714. The number of hydrogen-bond acceptors (Lipinski definition) is 5. The van der Waals surface area contributed by atoms with Gasteiger partial charge in [-0.25, -0.2) is 4.98 Å². The number of rotatable bonds is 8. The fraction of sp³-hybridized carbons (Fsp3) is 0.353. The fourth-order valence-electron chi connectivity index (χ4n) is 2.24. The maximum atomic E-state index is 11.9. The van der Waals surface area contributed by atoms with Crippen molar-refractivity contribution in [1.82, 2.24) is 10.3 Å². The minimum Gasteiger partial charge on any atom is -0.491 e.